The third-order valence-electron chi connectivity index (χ3n) is 1.95. The van der Waals surface area contributed by atoms with Crippen LogP contribution in [0.3, 0.4) is 0 Å². The molecule has 4 nitrogen and oxygen atoms in total. The molecule has 3 N–H and O–H groups in total. The highest BCUT2D eigenvalue weighted by molar-refractivity contribution is 5.94. The van der Waals surface area contributed by atoms with Crippen LogP contribution in [0, 0.1) is 5.82 Å². The monoisotopic (exact) mass is 195 g/mol. The van der Waals surface area contributed by atoms with Crippen molar-refractivity contribution in [1.82, 2.24) is 4.98 Å². The van der Waals surface area contributed by atoms with Crippen LogP contribution >= 0.6 is 0 Å². The largest absolute Gasteiger partial charge is 0.505 e. The van der Waals surface area contributed by atoms with Crippen LogP contribution in [0.25, 0.3) is 10.9 Å². The number of carboxylic acids is 1. The molecule has 1 heterocycles. The van der Waals surface area contributed by atoms with Crippen molar-refractivity contribution >= 4 is 16.9 Å². The number of carboxylic acid groups (broad SMARTS) is 1. The molecule has 0 radical (unpaired) electrons. The molecular formula is C9H6FNO3. The molecule has 0 aliphatic heterocycles. The molecular weight excluding hydrogens is 189 g/mol. The number of fused-ring (bicyclic) bond motifs is 1. The van der Waals surface area contributed by atoms with Gasteiger partial charge in [-0.1, -0.05) is 0 Å². The van der Waals surface area contributed by atoms with E-state index >= 15 is 0 Å². The van der Waals surface area contributed by atoms with Gasteiger partial charge in [0.05, 0.1) is 0 Å². The lowest BCUT2D eigenvalue weighted by atomic mass is 10.2. The van der Waals surface area contributed by atoms with E-state index in [1.807, 2.05) is 0 Å². The minimum atomic E-state index is -1.17. The van der Waals surface area contributed by atoms with Gasteiger partial charge < -0.3 is 15.2 Å². The van der Waals surface area contributed by atoms with Crippen LogP contribution in [0.5, 0.6) is 5.75 Å². The Kier molecular flexibility index (Phi) is 1.67. The SMILES string of the molecule is O=C(O)c1cc2c(F)c(O)ccc2[nH]1. The third kappa shape index (κ3) is 1.10. The van der Waals surface area contributed by atoms with Crippen molar-refractivity contribution in [2.75, 3.05) is 0 Å². The molecule has 2 rings (SSSR count). The van der Waals surface area contributed by atoms with Gasteiger partial charge in [-0.05, 0) is 18.2 Å². The zero-order valence-electron chi connectivity index (χ0n) is 6.91. The Hall–Kier alpha value is -2.04. The number of halogens is 1. The van der Waals surface area contributed by atoms with E-state index in [-0.39, 0.29) is 11.1 Å². The summed E-state index contributed by atoms with van der Waals surface area (Å²) in [6.07, 6.45) is 0. The van der Waals surface area contributed by atoms with Crippen molar-refractivity contribution in [3.63, 3.8) is 0 Å². The molecule has 0 aliphatic carbocycles. The number of hydrogen-bond donors (Lipinski definition) is 3. The first kappa shape index (κ1) is 8.55. The molecule has 0 spiro atoms. The van der Waals surface area contributed by atoms with Gasteiger partial charge in [0.15, 0.2) is 11.6 Å². The second-order valence-electron chi connectivity index (χ2n) is 2.85. The molecule has 0 atom stereocenters. The average molecular weight is 195 g/mol. The molecule has 2 aromatic rings. The summed E-state index contributed by atoms with van der Waals surface area (Å²) in [5, 5.41) is 17.7. The molecule has 0 amide bonds. The molecule has 14 heavy (non-hydrogen) atoms. The number of aromatic amines is 1. The highest BCUT2D eigenvalue weighted by atomic mass is 19.1. The summed E-state index contributed by atoms with van der Waals surface area (Å²) < 4.78 is 13.2. The van der Waals surface area contributed by atoms with Crippen LogP contribution in [0.15, 0.2) is 18.2 Å². The van der Waals surface area contributed by atoms with Gasteiger partial charge >= 0.3 is 5.97 Å². The normalized spacial score (nSPS) is 10.6. The summed E-state index contributed by atoms with van der Waals surface area (Å²) in [5.41, 5.74) is 0.238. The second-order valence-corrected chi connectivity index (χ2v) is 2.85. The zero-order chi connectivity index (χ0) is 10.3. The molecule has 0 saturated heterocycles. The predicted molar refractivity (Wildman–Crippen MR) is 46.9 cm³/mol. The highest BCUT2D eigenvalue weighted by Gasteiger charge is 2.12. The molecule has 72 valence electrons. The molecule has 0 bridgehead atoms. The Morgan fingerprint density at radius 3 is 2.79 bits per heavy atom. The minimum Gasteiger partial charge on any atom is -0.505 e. The number of phenolic OH excluding ortho intramolecular Hbond substituents is 1. The Bertz CT molecular complexity index is 518. The van der Waals surface area contributed by atoms with Crippen molar-refractivity contribution < 1.29 is 19.4 Å². The lowest BCUT2D eigenvalue weighted by Crippen LogP contribution is -1.94. The summed E-state index contributed by atoms with van der Waals surface area (Å²) in [4.78, 5) is 13.1. The maximum absolute atomic E-state index is 13.2. The quantitative estimate of drug-likeness (QED) is 0.648. The van der Waals surface area contributed by atoms with E-state index in [4.69, 9.17) is 10.2 Å². The van der Waals surface area contributed by atoms with E-state index in [1.165, 1.54) is 12.1 Å². The fourth-order valence-corrected chi connectivity index (χ4v) is 1.27. The Morgan fingerprint density at radius 1 is 1.43 bits per heavy atom. The lowest BCUT2D eigenvalue weighted by molar-refractivity contribution is 0.0691. The molecule has 0 fully saturated rings. The number of benzene rings is 1. The first-order valence-corrected chi connectivity index (χ1v) is 3.83. The molecule has 0 aliphatic rings. The van der Waals surface area contributed by atoms with Crippen LogP contribution in [0.4, 0.5) is 4.39 Å². The van der Waals surface area contributed by atoms with Crippen LogP contribution in [-0.4, -0.2) is 21.2 Å². The van der Waals surface area contributed by atoms with E-state index in [0.717, 1.165) is 6.07 Å². The van der Waals surface area contributed by atoms with E-state index in [1.54, 1.807) is 0 Å². The van der Waals surface area contributed by atoms with Gasteiger partial charge in [0.2, 0.25) is 0 Å². The maximum atomic E-state index is 13.2. The Morgan fingerprint density at radius 2 is 2.14 bits per heavy atom. The fraction of sp³-hybridized carbons (Fsp3) is 0. The lowest BCUT2D eigenvalue weighted by Gasteiger charge is -1.94. The molecule has 5 heteroatoms. The van der Waals surface area contributed by atoms with Gasteiger partial charge in [0.25, 0.3) is 0 Å². The number of rotatable bonds is 1. The van der Waals surface area contributed by atoms with E-state index in [9.17, 15) is 9.18 Å². The first-order chi connectivity index (χ1) is 6.59. The van der Waals surface area contributed by atoms with Crippen LogP contribution < -0.4 is 0 Å². The minimum absolute atomic E-state index is 0.0717. The number of phenols is 1. The summed E-state index contributed by atoms with van der Waals surface area (Å²) in [7, 11) is 0. The summed E-state index contributed by atoms with van der Waals surface area (Å²) in [6.45, 7) is 0. The fourth-order valence-electron chi connectivity index (χ4n) is 1.27. The van der Waals surface area contributed by atoms with Crippen LogP contribution in [-0.2, 0) is 0 Å². The molecule has 1 aromatic carbocycles. The Labute approximate surface area is 77.6 Å². The van der Waals surface area contributed by atoms with Gasteiger partial charge in [0.1, 0.15) is 5.69 Å². The van der Waals surface area contributed by atoms with Gasteiger partial charge in [0, 0.05) is 10.9 Å². The summed E-state index contributed by atoms with van der Waals surface area (Å²) in [6, 6.07) is 3.73. The molecule has 0 unspecified atom stereocenters. The molecule has 1 aromatic heterocycles. The smallest absolute Gasteiger partial charge is 0.352 e. The van der Waals surface area contributed by atoms with E-state index in [2.05, 4.69) is 4.98 Å². The number of aromatic nitrogens is 1. The predicted octanol–water partition coefficient (Wildman–Crippen LogP) is 1.71. The van der Waals surface area contributed by atoms with E-state index in [0.29, 0.717) is 5.52 Å². The Balaban J connectivity index is 2.77. The summed E-state index contributed by atoms with van der Waals surface area (Å²) in [5.74, 6) is -2.47. The van der Waals surface area contributed by atoms with Gasteiger partial charge in [-0.25, -0.2) is 9.18 Å². The maximum Gasteiger partial charge on any atom is 0.352 e. The third-order valence-corrected chi connectivity index (χ3v) is 1.95. The number of aromatic hydroxyl groups is 1. The van der Waals surface area contributed by atoms with Crippen molar-refractivity contribution in [2.24, 2.45) is 0 Å². The van der Waals surface area contributed by atoms with Gasteiger partial charge in [-0.15, -0.1) is 0 Å². The number of nitrogens with one attached hydrogen (secondary N) is 1. The van der Waals surface area contributed by atoms with Crippen molar-refractivity contribution in [2.45, 2.75) is 0 Å². The number of H-pyrrole nitrogens is 1. The number of hydrogen-bond acceptors (Lipinski definition) is 2. The van der Waals surface area contributed by atoms with Crippen LogP contribution in [0.2, 0.25) is 0 Å². The van der Waals surface area contributed by atoms with Gasteiger partial charge in [-0.3, -0.25) is 0 Å². The van der Waals surface area contributed by atoms with Crippen molar-refractivity contribution in [3.05, 3.63) is 29.7 Å². The van der Waals surface area contributed by atoms with Crippen molar-refractivity contribution in [1.29, 1.82) is 0 Å². The standard InChI is InChI=1S/C9H6FNO3/c10-8-4-3-6(9(13)14)11-5(4)1-2-7(8)12/h1-3,11-12H,(H,13,14). The summed E-state index contributed by atoms with van der Waals surface area (Å²) >= 11 is 0. The van der Waals surface area contributed by atoms with Crippen molar-refractivity contribution in [3.8, 4) is 5.75 Å². The first-order valence-electron chi connectivity index (χ1n) is 3.83. The average Bonchev–Trinajstić information content (AvgIpc) is 2.56. The van der Waals surface area contributed by atoms with E-state index < -0.39 is 17.5 Å². The highest BCUT2D eigenvalue weighted by Crippen LogP contribution is 2.25. The zero-order valence-corrected chi connectivity index (χ0v) is 6.91. The van der Waals surface area contributed by atoms with Gasteiger partial charge in [-0.2, -0.15) is 0 Å². The molecule has 0 saturated carbocycles. The second kappa shape index (κ2) is 2.73. The van der Waals surface area contributed by atoms with Crippen LogP contribution in [0.1, 0.15) is 10.5 Å². The number of aromatic carboxylic acids is 1. The topological polar surface area (TPSA) is 73.3 Å². The number of carbonyl (C=O) groups is 1.